The summed E-state index contributed by atoms with van der Waals surface area (Å²) in [5, 5.41) is 9.04. The van der Waals surface area contributed by atoms with Crippen molar-refractivity contribution < 1.29 is 18.3 Å². The van der Waals surface area contributed by atoms with E-state index in [2.05, 4.69) is 4.72 Å². The summed E-state index contributed by atoms with van der Waals surface area (Å²) in [6, 6.07) is 0. The quantitative estimate of drug-likeness (QED) is 0.718. The largest absolute Gasteiger partial charge is 0.481 e. The molecule has 2 saturated carbocycles. The highest BCUT2D eigenvalue weighted by Crippen LogP contribution is 2.40. The van der Waals surface area contributed by atoms with E-state index in [1.54, 1.807) is 0 Å². The molecule has 0 aliphatic heterocycles. The Hall–Kier alpha value is -0.620. The second-order valence-electron chi connectivity index (χ2n) is 4.98. The Morgan fingerprint density at radius 1 is 1.38 bits per heavy atom. The molecule has 2 aliphatic rings. The van der Waals surface area contributed by atoms with Crippen LogP contribution in [0.1, 0.15) is 32.1 Å². The maximum Gasteiger partial charge on any atom is 0.310 e. The molecule has 0 atom stereocenters. The number of rotatable bonds is 6. The number of carboxylic acid groups (broad SMARTS) is 1. The van der Waals surface area contributed by atoms with E-state index in [4.69, 9.17) is 5.11 Å². The number of hydrogen-bond acceptors (Lipinski definition) is 3. The fourth-order valence-electron chi connectivity index (χ4n) is 1.97. The first-order chi connectivity index (χ1) is 7.44. The van der Waals surface area contributed by atoms with Crippen molar-refractivity contribution in [1.82, 2.24) is 4.72 Å². The fourth-order valence-corrected chi connectivity index (χ4v) is 3.54. The molecule has 2 aliphatic carbocycles. The van der Waals surface area contributed by atoms with E-state index in [1.807, 2.05) is 0 Å². The van der Waals surface area contributed by atoms with Gasteiger partial charge in [0, 0.05) is 6.54 Å². The Labute approximate surface area is 95.3 Å². The molecule has 0 saturated heterocycles. The lowest BCUT2D eigenvalue weighted by Gasteiger charge is -2.37. The number of aliphatic carboxylic acids is 1. The Morgan fingerprint density at radius 3 is 2.38 bits per heavy atom. The van der Waals surface area contributed by atoms with E-state index < -0.39 is 21.4 Å². The van der Waals surface area contributed by atoms with Crippen LogP contribution in [0.25, 0.3) is 0 Å². The van der Waals surface area contributed by atoms with E-state index in [-0.39, 0.29) is 12.3 Å². The lowest BCUT2D eigenvalue weighted by atomic mass is 9.69. The summed E-state index contributed by atoms with van der Waals surface area (Å²) in [7, 11) is -3.27. The van der Waals surface area contributed by atoms with Crippen molar-refractivity contribution in [2.45, 2.75) is 32.1 Å². The van der Waals surface area contributed by atoms with E-state index in [1.165, 1.54) is 0 Å². The molecule has 0 bridgehead atoms. The van der Waals surface area contributed by atoms with Crippen LogP contribution in [0.4, 0.5) is 0 Å². The molecule has 0 heterocycles. The number of carbonyl (C=O) groups is 1. The maximum absolute atomic E-state index is 11.6. The predicted molar refractivity (Wildman–Crippen MR) is 58.4 cm³/mol. The predicted octanol–water partition coefficient (Wildman–Crippen LogP) is 0.571. The van der Waals surface area contributed by atoms with Crippen LogP contribution in [0.15, 0.2) is 0 Å². The van der Waals surface area contributed by atoms with Crippen LogP contribution in [0.5, 0.6) is 0 Å². The minimum absolute atomic E-state index is 0.0530. The summed E-state index contributed by atoms with van der Waals surface area (Å²) < 4.78 is 25.6. The van der Waals surface area contributed by atoms with Crippen molar-refractivity contribution in [1.29, 1.82) is 0 Å². The Balaban J connectivity index is 1.87. The minimum atomic E-state index is -3.27. The standard InChI is InChI=1S/C10H17NO4S/c12-9(13)10(4-1-5-10)7-11-16(14,15)6-8-2-3-8/h8,11H,1-7H2,(H,12,13). The zero-order valence-corrected chi connectivity index (χ0v) is 9.92. The summed E-state index contributed by atoms with van der Waals surface area (Å²) in [5.74, 6) is -0.435. The molecule has 16 heavy (non-hydrogen) atoms. The topological polar surface area (TPSA) is 83.5 Å². The zero-order valence-electron chi connectivity index (χ0n) is 9.11. The Bertz CT molecular complexity index is 382. The molecule has 0 aromatic rings. The zero-order chi connectivity index (χ0) is 11.8. The van der Waals surface area contributed by atoms with E-state index >= 15 is 0 Å². The van der Waals surface area contributed by atoms with Gasteiger partial charge in [-0.15, -0.1) is 0 Å². The molecule has 6 heteroatoms. The lowest BCUT2D eigenvalue weighted by molar-refractivity contribution is -0.153. The highest BCUT2D eigenvalue weighted by Gasteiger charge is 2.45. The number of carboxylic acids is 1. The molecule has 0 spiro atoms. The van der Waals surface area contributed by atoms with Crippen LogP contribution in [0, 0.1) is 11.3 Å². The first kappa shape index (κ1) is 11.9. The average molecular weight is 247 g/mol. The molecule has 2 N–H and O–H groups in total. The normalized spacial score (nSPS) is 23.8. The van der Waals surface area contributed by atoms with Gasteiger partial charge < -0.3 is 5.11 Å². The molecule has 2 fully saturated rings. The minimum Gasteiger partial charge on any atom is -0.481 e. The highest BCUT2D eigenvalue weighted by atomic mass is 32.2. The van der Waals surface area contributed by atoms with Gasteiger partial charge >= 0.3 is 5.97 Å². The van der Waals surface area contributed by atoms with Gasteiger partial charge in [0.2, 0.25) is 10.0 Å². The lowest BCUT2D eigenvalue weighted by Crippen LogP contribution is -2.48. The van der Waals surface area contributed by atoms with Gasteiger partial charge in [0.05, 0.1) is 11.2 Å². The van der Waals surface area contributed by atoms with Crippen LogP contribution in [-0.4, -0.2) is 31.8 Å². The highest BCUT2D eigenvalue weighted by molar-refractivity contribution is 7.89. The van der Waals surface area contributed by atoms with Gasteiger partial charge in [-0.25, -0.2) is 13.1 Å². The van der Waals surface area contributed by atoms with Crippen molar-refractivity contribution >= 4 is 16.0 Å². The van der Waals surface area contributed by atoms with Gasteiger partial charge in [-0.1, -0.05) is 6.42 Å². The molecule has 2 rings (SSSR count). The molecule has 0 unspecified atom stereocenters. The first-order valence-corrected chi connectivity index (χ1v) is 7.30. The van der Waals surface area contributed by atoms with Crippen LogP contribution in [0.2, 0.25) is 0 Å². The van der Waals surface area contributed by atoms with Crippen molar-refractivity contribution in [2.24, 2.45) is 11.3 Å². The monoisotopic (exact) mass is 247 g/mol. The van der Waals surface area contributed by atoms with Gasteiger partial charge in [-0.05, 0) is 31.6 Å². The van der Waals surface area contributed by atoms with Crippen LogP contribution in [-0.2, 0) is 14.8 Å². The Kier molecular flexibility index (Phi) is 2.96. The first-order valence-electron chi connectivity index (χ1n) is 5.64. The van der Waals surface area contributed by atoms with Crippen molar-refractivity contribution in [3.8, 4) is 0 Å². The van der Waals surface area contributed by atoms with Crippen LogP contribution >= 0.6 is 0 Å². The van der Waals surface area contributed by atoms with Gasteiger partial charge in [0.25, 0.3) is 0 Å². The smallest absolute Gasteiger partial charge is 0.310 e. The third kappa shape index (κ3) is 2.55. The van der Waals surface area contributed by atoms with Gasteiger partial charge in [0.15, 0.2) is 0 Å². The summed E-state index contributed by atoms with van der Waals surface area (Å²) in [5.41, 5.74) is -0.837. The molecular formula is C10H17NO4S. The second-order valence-corrected chi connectivity index (χ2v) is 6.84. The van der Waals surface area contributed by atoms with Crippen molar-refractivity contribution in [3.05, 3.63) is 0 Å². The van der Waals surface area contributed by atoms with Gasteiger partial charge in [-0.2, -0.15) is 0 Å². The van der Waals surface area contributed by atoms with Gasteiger partial charge in [-0.3, -0.25) is 4.79 Å². The third-order valence-electron chi connectivity index (χ3n) is 3.55. The molecule has 0 amide bonds. The summed E-state index contributed by atoms with van der Waals surface area (Å²) in [4.78, 5) is 11.0. The molecule has 0 aromatic heterocycles. The molecule has 0 radical (unpaired) electrons. The van der Waals surface area contributed by atoms with E-state index in [9.17, 15) is 13.2 Å². The molecule has 92 valence electrons. The van der Waals surface area contributed by atoms with Crippen molar-refractivity contribution in [2.75, 3.05) is 12.3 Å². The number of nitrogens with one attached hydrogen (secondary N) is 1. The fraction of sp³-hybridized carbons (Fsp3) is 0.900. The third-order valence-corrected chi connectivity index (χ3v) is 5.04. The molecule has 5 nitrogen and oxygen atoms in total. The second kappa shape index (κ2) is 4.00. The Morgan fingerprint density at radius 2 is 2.00 bits per heavy atom. The van der Waals surface area contributed by atoms with Crippen molar-refractivity contribution in [3.63, 3.8) is 0 Å². The van der Waals surface area contributed by atoms with E-state index in [0.29, 0.717) is 18.8 Å². The van der Waals surface area contributed by atoms with Crippen LogP contribution < -0.4 is 4.72 Å². The SMILES string of the molecule is O=C(O)C1(CNS(=O)(=O)CC2CC2)CCC1. The van der Waals surface area contributed by atoms with E-state index in [0.717, 1.165) is 19.3 Å². The summed E-state index contributed by atoms with van der Waals surface area (Å²) in [6.07, 6.45) is 3.98. The summed E-state index contributed by atoms with van der Waals surface area (Å²) >= 11 is 0. The molecular weight excluding hydrogens is 230 g/mol. The van der Waals surface area contributed by atoms with Crippen LogP contribution in [0.3, 0.4) is 0 Å². The average Bonchev–Trinajstić information content (AvgIpc) is 2.84. The summed E-state index contributed by atoms with van der Waals surface area (Å²) in [6.45, 7) is 0.0530. The number of hydrogen-bond donors (Lipinski definition) is 2. The number of sulfonamides is 1. The van der Waals surface area contributed by atoms with Gasteiger partial charge in [0.1, 0.15) is 0 Å². The molecule has 0 aromatic carbocycles. The maximum atomic E-state index is 11.6.